The van der Waals surface area contributed by atoms with Gasteiger partial charge >= 0.3 is 0 Å². The van der Waals surface area contributed by atoms with E-state index in [0.717, 1.165) is 22.6 Å². The van der Waals surface area contributed by atoms with E-state index >= 15 is 0 Å². The standard InChI is InChI=1S/C26H20FN3O2S/c1-16-6-9-19(27)12-21(16)25(31)28-20-10-7-17(8-11-20)26(32)30-13-18-14-33-15-23(18)29-22-4-2-3-5-24(22)30/h2-12,14-15,29H,13H2,1H3,(H,28,31). The van der Waals surface area contributed by atoms with Crippen LogP contribution in [0.5, 0.6) is 0 Å². The smallest absolute Gasteiger partial charge is 0.258 e. The topological polar surface area (TPSA) is 61.4 Å². The van der Waals surface area contributed by atoms with Gasteiger partial charge in [-0.25, -0.2) is 4.39 Å². The molecule has 2 amide bonds. The van der Waals surface area contributed by atoms with Crippen molar-refractivity contribution in [2.45, 2.75) is 13.5 Å². The van der Waals surface area contributed by atoms with Gasteiger partial charge in [0.05, 0.1) is 23.6 Å². The Labute approximate surface area is 194 Å². The number of nitrogens with one attached hydrogen (secondary N) is 2. The van der Waals surface area contributed by atoms with Crippen molar-refractivity contribution < 1.29 is 14.0 Å². The van der Waals surface area contributed by atoms with Crippen molar-refractivity contribution in [3.63, 3.8) is 0 Å². The molecule has 164 valence electrons. The zero-order chi connectivity index (χ0) is 22.9. The number of anilines is 4. The van der Waals surface area contributed by atoms with E-state index in [1.165, 1.54) is 12.1 Å². The second kappa shape index (κ2) is 8.52. The van der Waals surface area contributed by atoms with Crippen LogP contribution in [0.1, 0.15) is 31.8 Å². The quantitative estimate of drug-likeness (QED) is 0.377. The number of carbonyl (C=O) groups is 2. The summed E-state index contributed by atoms with van der Waals surface area (Å²) in [7, 11) is 0. The summed E-state index contributed by atoms with van der Waals surface area (Å²) in [6, 6.07) is 18.6. The van der Waals surface area contributed by atoms with Gasteiger partial charge in [-0.1, -0.05) is 18.2 Å². The van der Waals surface area contributed by atoms with Crippen molar-refractivity contribution in [2.24, 2.45) is 0 Å². The van der Waals surface area contributed by atoms with Crippen LogP contribution in [0.15, 0.2) is 77.5 Å². The predicted octanol–water partition coefficient (Wildman–Crippen LogP) is 6.35. The van der Waals surface area contributed by atoms with Gasteiger partial charge in [0.1, 0.15) is 5.82 Å². The molecule has 4 aromatic rings. The Morgan fingerprint density at radius 3 is 2.61 bits per heavy atom. The maximum atomic E-state index is 13.5. The predicted molar refractivity (Wildman–Crippen MR) is 130 cm³/mol. The minimum absolute atomic E-state index is 0.137. The number of hydrogen-bond acceptors (Lipinski definition) is 4. The minimum Gasteiger partial charge on any atom is -0.353 e. The molecule has 0 aliphatic carbocycles. The monoisotopic (exact) mass is 457 g/mol. The van der Waals surface area contributed by atoms with Gasteiger partial charge in [0.25, 0.3) is 11.8 Å². The lowest BCUT2D eigenvalue weighted by molar-refractivity contribution is 0.0984. The molecule has 2 N–H and O–H groups in total. The lowest BCUT2D eigenvalue weighted by Gasteiger charge is -2.23. The molecule has 1 aliphatic rings. The summed E-state index contributed by atoms with van der Waals surface area (Å²) in [4.78, 5) is 27.8. The number of nitrogens with zero attached hydrogens (tertiary/aromatic N) is 1. The molecule has 7 heteroatoms. The normalized spacial score (nSPS) is 12.2. The Bertz CT molecular complexity index is 1360. The summed E-state index contributed by atoms with van der Waals surface area (Å²) in [5.41, 5.74) is 5.73. The third kappa shape index (κ3) is 4.10. The van der Waals surface area contributed by atoms with Gasteiger partial charge in [-0.15, -0.1) is 11.3 Å². The van der Waals surface area contributed by atoms with Crippen LogP contribution >= 0.6 is 11.3 Å². The number of aryl methyl sites for hydroxylation is 1. The molecule has 0 radical (unpaired) electrons. The average Bonchev–Trinajstić information content (AvgIpc) is 3.19. The van der Waals surface area contributed by atoms with Crippen molar-refractivity contribution in [2.75, 3.05) is 15.5 Å². The summed E-state index contributed by atoms with van der Waals surface area (Å²) in [6.07, 6.45) is 0. The largest absolute Gasteiger partial charge is 0.353 e. The number of para-hydroxylation sites is 2. The molecule has 0 spiro atoms. The molecule has 0 unspecified atom stereocenters. The van der Waals surface area contributed by atoms with E-state index in [1.54, 1.807) is 53.5 Å². The zero-order valence-electron chi connectivity index (χ0n) is 17.8. The molecule has 5 nitrogen and oxygen atoms in total. The molecule has 0 bridgehead atoms. The van der Waals surface area contributed by atoms with Crippen molar-refractivity contribution >= 4 is 45.9 Å². The number of hydrogen-bond donors (Lipinski definition) is 2. The third-order valence-corrected chi connectivity index (χ3v) is 6.41. The van der Waals surface area contributed by atoms with Crippen LogP contribution in [0.4, 0.5) is 27.1 Å². The fourth-order valence-corrected chi connectivity index (χ4v) is 4.62. The maximum Gasteiger partial charge on any atom is 0.258 e. The highest BCUT2D eigenvalue weighted by Crippen LogP contribution is 2.37. The average molecular weight is 458 g/mol. The number of thiophene rings is 1. The van der Waals surface area contributed by atoms with Crippen molar-refractivity contribution in [3.8, 4) is 0 Å². The molecule has 2 heterocycles. The lowest BCUT2D eigenvalue weighted by Crippen LogP contribution is -2.29. The summed E-state index contributed by atoms with van der Waals surface area (Å²) in [6.45, 7) is 2.21. The van der Waals surface area contributed by atoms with E-state index in [-0.39, 0.29) is 11.5 Å². The van der Waals surface area contributed by atoms with Crippen LogP contribution in [0.3, 0.4) is 0 Å². The van der Waals surface area contributed by atoms with Gasteiger partial charge in [-0.3, -0.25) is 9.59 Å². The van der Waals surface area contributed by atoms with Gasteiger partial charge < -0.3 is 15.5 Å². The molecule has 5 rings (SSSR count). The van der Waals surface area contributed by atoms with Crippen LogP contribution in [-0.2, 0) is 6.54 Å². The number of rotatable bonds is 3. The Morgan fingerprint density at radius 1 is 1.00 bits per heavy atom. The molecular formula is C26H20FN3O2S. The molecule has 0 atom stereocenters. The highest BCUT2D eigenvalue weighted by Gasteiger charge is 2.25. The van der Waals surface area contributed by atoms with Crippen LogP contribution in [0.2, 0.25) is 0 Å². The first kappa shape index (κ1) is 20.9. The first-order valence-electron chi connectivity index (χ1n) is 10.4. The number of amides is 2. The Morgan fingerprint density at radius 2 is 1.79 bits per heavy atom. The van der Waals surface area contributed by atoms with Crippen LogP contribution in [0, 0.1) is 12.7 Å². The second-order valence-corrected chi connectivity index (χ2v) is 8.58. The molecule has 0 saturated heterocycles. The fourth-order valence-electron chi connectivity index (χ4n) is 3.84. The van der Waals surface area contributed by atoms with E-state index in [9.17, 15) is 14.0 Å². The Hall–Kier alpha value is -3.97. The van der Waals surface area contributed by atoms with E-state index < -0.39 is 11.7 Å². The number of benzene rings is 3. The highest BCUT2D eigenvalue weighted by atomic mass is 32.1. The van der Waals surface area contributed by atoms with Crippen molar-refractivity contribution in [1.82, 2.24) is 0 Å². The van der Waals surface area contributed by atoms with Gasteiger partial charge in [-0.2, -0.15) is 0 Å². The molecule has 3 aromatic carbocycles. The van der Waals surface area contributed by atoms with E-state index in [1.807, 2.05) is 35.0 Å². The number of halogens is 1. The molecule has 0 fully saturated rings. The van der Waals surface area contributed by atoms with E-state index in [4.69, 9.17) is 0 Å². The summed E-state index contributed by atoms with van der Waals surface area (Å²) in [5.74, 6) is -1.00. The van der Waals surface area contributed by atoms with Crippen molar-refractivity contribution in [3.05, 3.63) is 106 Å². The number of fused-ring (bicyclic) bond motifs is 2. The van der Waals surface area contributed by atoms with Crippen molar-refractivity contribution in [1.29, 1.82) is 0 Å². The van der Waals surface area contributed by atoms with Gasteiger partial charge in [0.2, 0.25) is 0 Å². The van der Waals surface area contributed by atoms with Gasteiger partial charge in [0.15, 0.2) is 0 Å². The van der Waals surface area contributed by atoms with Crippen LogP contribution in [0.25, 0.3) is 0 Å². The number of carbonyl (C=O) groups excluding carboxylic acids is 2. The van der Waals surface area contributed by atoms with E-state index in [2.05, 4.69) is 10.6 Å². The maximum absolute atomic E-state index is 13.5. The SMILES string of the molecule is Cc1ccc(F)cc1C(=O)Nc1ccc(C(=O)N2Cc3cscc3Nc3ccccc32)cc1. The van der Waals surface area contributed by atoms with Crippen LogP contribution < -0.4 is 15.5 Å². The zero-order valence-corrected chi connectivity index (χ0v) is 18.6. The molecule has 1 aliphatic heterocycles. The Balaban J connectivity index is 1.39. The minimum atomic E-state index is -0.465. The molecule has 1 aromatic heterocycles. The van der Waals surface area contributed by atoms with Crippen LogP contribution in [-0.4, -0.2) is 11.8 Å². The first-order valence-corrected chi connectivity index (χ1v) is 11.3. The second-order valence-electron chi connectivity index (χ2n) is 7.83. The Kier molecular flexibility index (Phi) is 5.40. The molecular weight excluding hydrogens is 437 g/mol. The summed E-state index contributed by atoms with van der Waals surface area (Å²) < 4.78 is 13.5. The van der Waals surface area contributed by atoms with E-state index in [0.29, 0.717) is 23.4 Å². The molecule has 0 saturated carbocycles. The first-order chi connectivity index (χ1) is 16.0. The van der Waals surface area contributed by atoms with Gasteiger partial charge in [-0.05, 0) is 66.4 Å². The highest BCUT2D eigenvalue weighted by molar-refractivity contribution is 7.08. The van der Waals surface area contributed by atoms with Gasteiger partial charge in [0, 0.05) is 27.8 Å². The third-order valence-electron chi connectivity index (χ3n) is 5.61. The summed E-state index contributed by atoms with van der Waals surface area (Å²) >= 11 is 1.59. The molecule has 33 heavy (non-hydrogen) atoms. The lowest BCUT2D eigenvalue weighted by atomic mass is 10.1. The summed E-state index contributed by atoms with van der Waals surface area (Å²) in [5, 5.41) is 10.3. The fraction of sp³-hybridized carbons (Fsp3) is 0.0769.